The Bertz CT molecular complexity index is 965. The molecule has 2 amide bonds. The third-order valence-corrected chi connectivity index (χ3v) is 5.21. The fourth-order valence-electron chi connectivity index (χ4n) is 3.30. The van der Waals surface area contributed by atoms with Crippen molar-refractivity contribution in [3.8, 4) is 5.75 Å². The average Bonchev–Trinajstić information content (AvgIpc) is 3.46. The highest BCUT2D eigenvalue weighted by atomic mass is 16.5. The van der Waals surface area contributed by atoms with Gasteiger partial charge in [-0.05, 0) is 68.1 Å². The summed E-state index contributed by atoms with van der Waals surface area (Å²) in [5.74, 6) is -0.628. The lowest BCUT2D eigenvalue weighted by Gasteiger charge is -2.11. The summed E-state index contributed by atoms with van der Waals surface area (Å²) in [6.45, 7) is 0.815. The van der Waals surface area contributed by atoms with Gasteiger partial charge in [0, 0.05) is 23.9 Å². The van der Waals surface area contributed by atoms with Gasteiger partial charge in [-0.25, -0.2) is 4.79 Å². The predicted octanol–water partition coefficient (Wildman–Crippen LogP) is 2.93. The van der Waals surface area contributed by atoms with Gasteiger partial charge in [-0.15, -0.1) is 0 Å². The quantitative estimate of drug-likeness (QED) is 0.584. The lowest BCUT2D eigenvalue weighted by Crippen LogP contribution is -2.25. The van der Waals surface area contributed by atoms with Crippen LogP contribution in [0.15, 0.2) is 48.5 Å². The van der Waals surface area contributed by atoms with E-state index in [9.17, 15) is 14.4 Å². The molecule has 32 heavy (non-hydrogen) atoms. The topological polar surface area (TPSA) is 103 Å². The van der Waals surface area contributed by atoms with Gasteiger partial charge in [-0.1, -0.05) is 6.07 Å². The zero-order valence-electron chi connectivity index (χ0n) is 17.7. The number of anilines is 1. The number of rotatable bonds is 9. The average molecular weight is 438 g/mol. The van der Waals surface area contributed by atoms with Crippen LogP contribution in [0.25, 0.3) is 0 Å². The highest BCUT2D eigenvalue weighted by Gasteiger charge is 2.24. The van der Waals surface area contributed by atoms with Crippen LogP contribution in [0, 0.1) is 0 Å². The van der Waals surface area contributed by atoms with Crippen LogP contribution in [0.4, 0.5) is 5.69 Å². The van der Waals surface area contributed by atoms with Gasteiger partial charge in [0.05, 0.1) is 11.7 Å². The molecule has 2 aromatic carbocycles. The van der Waals surface area contributed by atoms with Crippen LogP contribution in [0.5, 0.6) is 5.75 Å². The van der Waals surface area contributed by atoms with Gasteiger partial charge >= 0.3 is 5.97 Å². The SMILES string of the molecule is O=C(COC(=O)c1ccc(OC[C@@H]2CCCO2)cc1)Nc1cccc(C(=O)NC2CC2)c1. The Kier molecular flexibility index (Phi) is 7.01. The van der Waals surface area contributed by atoms with Crippen LogP contribution < -0.4 is 15.4 Å². The van der Waals surface area contributed by atoms with Gasteiger partial charge in [0.2, 0.25) is 0 Å². The number of hydrogen-bond acceptors (Lipinski definition) is 6. The van der Waals surface area contributed by atoms with E-state index < -0.39 is 18.5 Å². The smallest absolute Gasteiger partial charge is 0.338 e. The summed E-state index contributed by atoms with van der Waals surface area (Å²) < 4.78 is 16.3. The predicted molar refractivity (Wildman–Crippen MR) is 117 cm³/mol. The summed E-state index contributed by atoms with van der Waals surface area (Å²) in [5, 5.41) is 5.54. The fourth-order valence-corrected chi connectivity index (χ4v) is 3.30. The standard InChI is InChI=1S/C24H26N2O6/c27-22(25-19-4-1-3-17(13-19)23(28)26-18-8-9-18)15-32-24(29)16-6-10-20(11-7-16)31-14-21-5-2-12-30-21/h1,3-4,6-7,10-11,13,18,21H,2,5,8-9,12,14-15H2,(H,25,27)(H,26,28)/t21-/m0/s1. The molecule has 0 unspecified atom stereocenters. The normalized spacial score (nSPS) is 17.4. The summed E-state index contributed by atoms with van der Waals surface area (Å²) >= 11 is 0. The molecule has 2 aromatic rings. The van der Waals surface area contributed by atoms with Crippen LogP contribution in [0.3, 0.4) is 0 Å². The van der Waals surface area contributed by atoms with Crippen LogP contribution in [0.1, 0.15) is 46.4 Å². The third-order valence-electron chi connectivity index (χ3n) is 5.21. The Morgan fingerprint density at radius 2 is 1.81 bits per heavy atom. The summed E-state index contributed by atoms with van der Waals surface area (Å²) in [7, 11) is 0. The molecule has 1 aliphatic heterocycles. The van der Waals surface area contributed by atoms with Crippen molar-refractivity contribution in [3.05, 3.63) is 59.7 Å². The van der Waals surface area contributed by atoms with E-state index in [-0.39, 0.29) is 18.1 Å². The van der Waals surface area contributed by atoms with Gasteiger partial charge in [-0.2, -0.15) is 0 Å². The number of carbonyl (C=O) groups is 3. The highest BCUT2D eigenvalue weighted by Crippen LogP contribution is 2.20. The first-order chi connectivity index (χ1) is 15.6. The number of benzene rings is 2. The summed E-state index contributed by atoms with van der Waals surface area (Å²) in [6, 6.07) is 13.4. The number of ether oxygens (including phenoxy) is 3. The van der Waals surface area contributed by atoms with Crippen molar-refractivity contribution in [1.29, 1.82) is 0 Å². The van der Waals surface area contributed by atoms with Crippen molar-refractivity contribution < 1.29 is 28.6 Å². The first kappa shape index (κ1) is 21.8. The van der Waals surface area contributed by atoms with Gasteiger partial charge in [-0.3, -0.25) is 9.59 Å². The Hall–Kier alpha value is -3.39. The van der Waals surface area contributed by atoms with Gasteiger partial charge in [0.25, 0.3) is 11.8 Å². The molecule has 1 atom stereocenters. The maximum Gasteiger partial charge on any atom is 0.338 e. The zero-order chi connectivity index (χ0) is 22.3. The van der Waals surface area contributed by atoms with Crippen LogP contribution >= 0.6 is 0 Å². The number of amides is 2. The van der Waals surface area contributed by atoms with Crippen molar-refractivity contribution in [3.63, 3.8) is 0 Å². The third kappa shape index (κ3) is 6.31. The Labute approximate surface area is 186 Å². The second-order valence-corrected chi connectivity index (χ2v) is 7.92. The largest absolute Gasteiger partial charge is 0.491 e. The second-order valence-electron chi connectivity index (χ2n) is 7.92. The van der Waals surface area contributed by atoms with Crippen LogP contribution in [-0.2, 0) is 14.3 Å². The molecule has 8 nitrogen and oxygen atoms in total. The molecule has 2 N–H and O–H groups in total. The molecule has 1 heterocycles. The second kappa shape index (κ2) is 10.3. The molecule has 0 aromatic heterocycles. The van der Waals surface area contributed by atoms with Crippen LogP contribution in [-0.4, -0.2) is 49.8 Å². The molecule has 8 heteroatoms. The molecule has 2 aliphatic rings. The fraction of sp³-hybridized carbons (Fsp3) is 0.375. The zero-order valence-corrected chi connectivity index (χ0v) is 17.7. The van der Waals surface area contributed by atoms with E-state index in [1.807, 2.05) is 0 Å². The summed E-state index contributed by atoms with van der Waals surface area (Å²) in [6.07, 6.45) is 4.15. The van der Waals surface area contributed by atoms with E-state index in [2.05, 4.69) is 10.6 Å². The molecule has 4 rings (SSSR count). The minimum atomic E-state index is -0.608. The molecule has 0 bridgehead atoms. The number of nitrogens with one attached hydrogen (secondary N) is 2. The van der Waals surface area contributed by atoms with E-state index in [1.54, 1.807) is 48.5 Å². The number of hydrogen-bond donors (Lipinski definition) is 2. The van der Waals surface area contributed by atoms with E-state index in [0.717, 1.165) is 32.3 Å². The maximum atomic E-state index is 12.2. The first-order valence-corrected chi connectivity index (χ1v) is 10.8. The molecule has 0 spiro atoms. The number of esters is 1. The van der Waals surface area contributed by atoms with E-state index in [1.165, 1.54) is 0 Å². The molecule has 168 valence electrons. The first-order valence-electron chi connectivity index (χ1n) is 10.8. The monoisotopic (exact) mass is 438 g/mol. The van der Waals surface area contributed by atoms with Crippen molar-refractivity contribution in [1.82, 2.24) is 5.32 Å². The Balaban J connectivity index is 1.22. The minimum Gasteiger partial charge on any atom is -0.491 e. The Morgan fingerprint density at radius 3 is 2.53 bits per heavy atom. The molecular weight excluding hydrogens is 412 g/mol. The van der Waals surface area contributed by atoms with Gasteiger partial charge < -0.3 is 24.8 Å². The van der Waals surface area contributed by atoms with Gasteiger partial charge in [0.1, 0.15) is 12.4 Å². The maximum absolute atomic E-state index is 12.2. The Morgan fingerprint density at radius 1 is 1.00 bits per heavy atom. The lowest BCUT2D eigenvalue weighted by molar-refractivity contribution is -0.119. The summed E-state index contributed by atoms with van der Waals surface area (Å²) in [5.41, 5.74) is 1.25. The molecule has 2 fully saturated rings. The molecule has 1 aliphatic carbocycles. The molecule has 0 radical (unpaired) electrons. The minimum absolute atomic E-state index is 0.117. The lowest BCUT2D eigenvalue weighted by atomic mass is 10.2. The van der Waals surface area contributed by atoms with Crippen molar-refractivity contribution >= 4 is 23.5 Å². The van der Waals surface area contributed by atoms with Crippen molar-refractivity contribution in [2.45, 2.75) is 37.8 Å². The molecule has 1 saturated carbocycles. The van der Waals surface area contributed by atoms with E-state index >= 15 is 0 Å². The van der Waals surface area contributed by atoms with E-state index in [4.69, 9.17) is 14.2 Å². The molecular formula is C24H26N2O6. The summed E-state index contributed by atoms with van der Waals surface area (Å²) in [4.78, 5) is 36.5. The van der Waals surface area contributed by atoms with Gasteiger partial charge in [0.15, 0.2) is 6.61 Å². The number of carbonyl (C=O) groups excluding carboxylic acids is 3. The van der Waals surface area contributed by atoms with E-state index in [0.29, 0.717) is 29.2 Å². The van der Waals surface area contributed by atoms with Crippen LogP contribution in [0.2, 0.25) is 0 Å². The highest BCUT2D eigenvalue weighted by molar-refractivity contribution is 5.98. The molecule has 1 saturated heterocycles. The van der Waals surface area contributed by atoms with Crippen molar-refractivity contribution in [2.75, 3.05) is 25.1 Å². The van der Waals surface area contributed by atoms with Crippen molar-refractivity contribution in [2.24, 2.45) is 0 Å².